The van der Waals surface area contributed by atoms with Gasteiger partial charge in [0.1, 0.15) is 0 Å². The molecule has 0 aliphatic carbocycles. The molecule has 2 unspecified atom stereocenters. The smallest absolute Gasteiger partial charge is 0.422 e. The molecule has 1 fully saturated rings. The van der Waals surface area contributed by atoms with Gasteiger partial charge in [0.2, 0.25) is 5.54 Å². The van der Waals surface area contributed by atoms with Crippen molar-refractivity contribution in [3.8, 4) is 0 Å². The molecule has 116 valence electrons. The van der Waals surface area contributed by atoms with E-state index in [-0.39, 0.29) is 13.2 Å². The minimum absolute atomic E-state index is 0.0839. The van der Waals surface area contributed by atoms with Crippen LogP contribution in [0.5, 0.6) is 0 Å². The number of halogens is 3. The van der Waals surface area contributed by atoms with Gasteiger partial charge < -0.3 is 25.2 Å². The van der Waals surface area contributed by atoms with Crippen molar-refractivity contribution < 1.29 is 37.3 Å². The van der Waals surface area contributed by atoms with Gasteiger partial charge in [-0.2, -0.15) is 13.2 Å². The molecule has 0 saturated carbocycles. The SMILES string of the molecule is CC(NC(=O)NCC1COCCO1)(C(=O)O)C(F)(F)F. The normalized spacial score (nSPS) is 22.7. The first kappa shape index (κ1) is 16.5. The molecular weight excluding hydrogens is 285 g/mol. The molecule has 0 spiro atoms. The summed E-state index contributed by atoms with van der Waals surface area (Å²) in [7, 11) is 0. The summed E-state index contributed by atoms with van der Waals surface area (Å²) in [5.74, 6) is -2.20. The summed E-state index contributed by atoms with van der Waals surface area (Å²) in [6, 6.07) is -1.25. The van der Waals surface area contributed by atoms with Gasteiger partial charge >= 0.3 is 18.2 Å². The van der Waals surface area contributed by atoms with Crippen molar-refractivity contribution in [2.45, 2.75) is 24.7 Å². The maximum absolute atomic E-state index is 12.6. The second kappa shape index (κ2) is 6.27. The number of carbonyl (C=O) groups is 2. The Hall–Kier alpha value is -1.55. The molecule has 1 aliphatic rings. The Morgan fingerprint density at radius 1 is 1.35 bits per heavy atom. The van der Waals surface area contributed by atoms with E-state index >= 15 is 0 Å². The van der Waals surface area contributed by atoms with E-state index in [0.29, 0.717) is 20.1 Å². The molecule has 7 nitrogen and oxygen atoms in total. The number of rotatable bonds is 4. The van der Waals surface area contributed by atoms with E-state index in [9.17, 15) is 22.8 Å². The lowest BCUT2D eigenvalue weighted by Gasteiger charge is -2.29. The van der Waals surface area contributed by atoms with Gasteiger partial charge in [-0.15, -0.1) is 0 Å². The van der Waals surface area contributed by atoms with E-state index in [0.717, 1.165) is 0 Å². The number of carboxylic acids is 1. The van der Waals surface area contributed by atoms with Crippen LogP contribution in [0.3, 0.4) is 0 Å². The van der Waals surface area contributed by atoms with Crippen LogP contribution in [0.4, 0.5) is 18.0 Å². The summed E-state index contributed by atoms with van der Waals surface area (Å²) < 4.78 is 48.1. The number of amides is 2. The molecule has 2 atom stereocenters. The lowest BCUT2D eigenvalue weighted by molar-refractivity contribution is -0.203. The zero-order valence-electron chi connectivity index (χ0n) is 10.6. The van der Waals surface area contributed by atoms with Gasteiger partial charge in [-0.05, 0) is 6.92 Å². The largest absolute Gasteiger partial charge is 0.479 e. The van der Waals surface area contributed by atoms with Crippen LogP contribution in [0.2, 0.25) is 0 Å². The van der Waals surface area contributed by atoms with Crippen LogP contribution in [0, 0.1) is 0 Å². The zero-order chi connectivity index (χ0) is 15.4. The van der Waals surface area contributed by atoms with E-state index in [4.69, 9.17) is 14.6 Å². The third kappa shape index (κ3) is 3.97. The fourth-order valence-electron chi connectivity index (χ4n) is 1.38. The van der Waals surface area contributed by atoms with E-state index in [1.54, 1.807) is 0 Å². The van der Waals surface area contributed by atoms with Gasteiger partial charge in [-0.3, -0.25) is 0 Å². The highest BCUT2D eigenvalue weighted by molar-refractivity contribution is 5.86. The van der Waals surface area contributed by atoms with Crippen LogP contribution in [-0.2, 0) is 14.3 Å². The highest BCUT2D eigenvalue weighted by Gasteiger charge is 2.58. The number of nitrogens with one attached hydrogen (secondary N) is 2. The van der Waals surface area contributed by atoms with Crippen LogP contribution < -0.4 is 10.6 Å². The standard InChI is InChI=1S/C10H15F3N2O5/c1-9(7(16)17,10(11,12)13)15-8(18)14-4-6-5-19-2-3-20-6/h6H,2-5H2,1H3,(H,16,17)(H2,14,15,18). The number of hydrogen-bond acceptors (Lipinski definition) is 4. The van der Waals surface area contributed by atoms with Crippen molar-refractivity contribution in [1.82, 2.24) is 10.6 Å². The molecule has 1 aliphatic heterocycles. The van der Waals surface area contributed by atoms with E-state index in [1.165, 1.54) is 5.32 Å². The highest BCUT2D eigenvalue weighted by Crippen LogP contribution is 2.30. The number of hydrogen-bond donors (Lipinski definition) is 3. The molecule has 0 aromatic rings. The molecule has 1 heterocycles. The van der Waals surface area contributed by atoms with Crippen molar-refractivity contribution in [1.29, 1.82) is 0 Å². The second-order valence-corrected chi connectivity index (χ2v) is 4.33. The Morgan fingerprint density at radius 3 is 2.45 bits per heavy atom. The van der Waals surface area contributed by atoms with E-state index in [2.05, 4.69) is 5.32 Å². The minimum Gasteiger partial charge on any atom is -0.479 e. The Morgan fingerprint density at radius 2 is 2.00 bits per heavy atom. The molecule has 1 rings (SSSR count). The first-order chi connectivity index (χ1) is 9.17. The molecule has 0 bridgehead atoms. The molecule has 2 amide bonds. The maximum atomic E-state index is 12.6. The fraction of sp³-hybridized carbons (Fsp3) is 0.800. The molecule has 10 heteroatoms. The fourth-order valence-corrected chi connectivity index (χ4v) is 1.38. The van der Waals surface area contributed by atoms with Crippen molar-refractivity contribution >= 4 is 12.0 Å². The van der Waals surface area contributed by atoms with Crippen molar-refractivity contribution in [3.05, 3.63) is 0 Å². The van der Waals surface area contributed by atoms with Crippen LogP contribution in [-0.4, -0.2) is 61.3 Å². The topological polar surface area (TPSA) is 96.9 Å². The van der Waals surface area contributed by atoms with E-state index in [1.807, 2.05) is 0 Å². The van der Waals surface area contributed by atoms with Gasteiger partial charge in [-0.1, -0.05) is 0 Å². The monoisotopic (exact) mass is 300 g/mol. The molecule has 0 aromatic carbocycles. The highest BCUT2D eigenvalue weighted by atomic mass is 19.4. The molecule has 1 saturated heterocycles. The first-order valence-electron chi connectivity index (χ1n) is 5.72. The van der Waals surface area contributed by atoms with Crippen LogP contribution in [0.1, 0.15) is 6.92 Å². The average Bonchev–Trinajstić information content (AvgIpc) is 2.36. The van der Waals surface area contributed by atoms with Crippen LogP contribution in [0.25, 0.3) is 0 Å². The third-order valence-corrected chi connectivity index (χ3v) is 2.73. The summed E-state index contributed by atoms with van der Waals surface area (Å²) in [5.41, 5.74) is -3.36. The zero-order valence-corrected chi connectivity index (χ0v) is 10.6. The Labute approximate surface area is 112 Å². The second-order valence-electron chi connectivity index (χ2n) is 4.33. The number of carboxylic acid groups (broad SMARTS) is 1. The third-order valence-electron chi connectivity index (χ3n) is 2.73. The summed E-state index contributed by atoms with van der Waals surface area (Å²) in [6.45, 7) is 1.22. The van der Waals surface area contributed by atoms with Gasteiger partial charge in [0.15, 0.2) is 0 Å². The summed E-state index contributed by atoms with van der Waals surface area (Å²) in [4.78, 5) is 22.1. The predicted molar refractivity (Wildman–Crippen MR) is 59.2 cm³/mol. The Balaban J connectivity index is 2.52. The average molecular weight is 300 g/mol. The number of alkyl halides is 3. The molecule has 20 heavy (non-hydrogen) atoms. The minimum atomic E-state index is -5.12. The lowest BCUT2D eigenvalue weighted by atomic mass is 10.0. The summed E-state index contributed by atoms with van der Waals surface area (Å²) >= 11 is 0. The number of carbonyl (C=O) groups excluding carboxylic acids is 1. The Bertz CT molecular complexity index is 370. The molecule has 0 radical (unpaired) electrons. The van der Waals surface area contributed by atoms with Gasteiger partial charge in [0, 0.05) is 6.54 Å². The van der Waals surface area contributed by atoms with Crippen molar-refractivity contribution in [2.75, 3.05) is 26.4 Å². The van der Waals surface area contributed by atoms with Gasteiger partial charge in [0.25, 0.3) is 0 Å². The predicted octanol–water partition coefficient (Wildman–Crippen LogP) is 0.107. The molecular formula is C10H15F3N2O5. The number of aliphatic carboxylic acids is 1. The van der Waals surface area contributed by atoms with Crippen LogP contribution in [0.15, 0.2) is 0 Å². The maximum Gasteiger partial charge on any atom is 0.422 e. The summed E-state index contributed by atoms with van der Waals surface area (Å²) in [6.07, 6.45) is -5.60. The first-order valence-corrected chi connectivity index (χ1v) is 5.72. The van der Waals surface area contributed by atoms with E-state index < -0.39 is 29.8 Å². The molecule has 3 N–H and O–H groups in total. The Kier molecular flexibility index (Phi) is 5.17. The number of urea groups is 1. The molecule has 0 aromatic heterocycles. The van der Waals surface area contributed by atoms with Gasteiger partial charge in [0.05, 0.1) is 25.9 Å². The lowest BCUT2D eigenvalue weighted by Crippen LogP contribution is -2.64. The quantitative estimate of drug-likeness (QED) is 0.684. The number of ether oxygens (including phenoxy) is 2. The van der Waals surface area contributed by atoms with Gasteiger partial charge in [-0.25, -0.2) is 9.59 Å². The van der Waals surface area contributed by atoms with Crippen LogP contribution >= 0.6 is 0 Å². The van der Waals surface area contributed by atoms with Crippen molar-refractivity contribution in [3.63, 3.8) is 0 Å². The van der Waals surface area contributed by atoms with Crippen molar-refractivity contribution in [2.24, 2.45) is 0 Å². The summed E-state index contributed by atoms with van der Waals surface area (Å²) in [5, 5.41) is 12.1.